The number of ether oxygens (including phenoxy) is 1. The summed E-state index contributed by atoms with van der Waals surface area (Å²) in [6.07, 6.45) is -9.92. The lowest BCUT2D eigenvalue weighted by atomic mass is 10.2. The number of halogens is 6. The van der Waals surface area contributed by atoms with E-state index in [9.17, 15) is 31.1 Å². The van der Waals surface area contributed by atoms with Gasteiger partial charge in [-0.3, -0.25) is 15.2 Å². The van der Waals surface area contributed by atoms with Crippen LogP contribution in [0.1, 0.15) is 0 Å². The van der Waals surface area contributed by atoms with E-state index in [4.69, 9.17) is 5.41 Å². The highest BCUT2D eigenvalue weighted by molar-refractivity contribution is 8.01. The monoisotopic (exact) mass is 449 g/mol. The molecule has 0 spiro atoms. The van der Waals surface area contributed by atoms with Gasteiger partial charge in [0.25, 0.3) is 0 Å². The summed E-state index contributed by atoms with van der Waals surface area (Å²) in [7, 11) is 0. The second-order valence-corrected chi connectivity index (χ2v) is 7.06. The first-order valence-electron chi connectivity index (χ1n) is 8.26. The van der Waals surface area contributed by atoms with Crippen LogP contribution >= 0.6 is 11.8 Å². The number of urea groups is 1. The van der Waals surface area contributed by atoms with Crippen molar-refractivity contribution in [1.82, 2.24) is 0 Å². The molecule has 1 fully saturated rings. The van der Waals surface area contributed by atoms with E-state index < -0.39 is 35.4 Å². The number of alkyl halides is 6. The Morgan fingerprint density at radius 2 is 1.57 bits per heavy atom. The highest BCUT2D eigenvalue weighted by Gasteiger charge is 2.47. The zero-order valence-electron chi connectivity index (χ0n) is 14.9. The molecule has 0 bridgehead atoms. The van der Waals surface area contributed by atoms with Gasteiger partial charge in [-0.2, -0.15) is 13.2 Å². The highest BCUT2D eigenvalue weighted by atomic mass is 32.2. The quantitative estimate of drug-likeness (QED) is 0.486. The largest absolute Gasteiger partial charge is 0.573 e. The lowest BCUT2D eigenvalue weighted by molar-refractivity contribution is -0.274. The fraction of sp³-hybridized carbons (Fsp3) is 0.222. The number of benzene rings is 2. The van der Waals surface area contributed by atoms with Crippen LogP contribution in [-0.4, -0.2) is 35.5 Å². The molecule has 12 heteroatoms. The molecule has 160 valence electrons. The van der Waals surface area contributed by atoms with Crippen LogP contribution < -0.4 is 14.5 Å². The molecular weight excluding hydrogens is 436 g/mol. The Balaban J connectivity index is 1.97. The standard InChI is InChI=1S/C18H13F6N3O2S/c19-17(20,21)14(25)15-27(12-6-8-13(9-7-12)29-18(22,23)24)16(28)26(10-30-15)11-4-2-1-3-5-11/h1-9,15,25H,10H2. The Hall–Kier alpha value is -2.89. The number of hydrogen-bond donors (Lipinski definition) is 1. The zero-order valence-corrected chi connectivity index (χ0v) is 15.7. The lowest BCUT2D eigenvalue weighted by Gasteiger charge is -2.41. The van der Waals surface area contributed by atoms with Gasteiger partial charge in [-0.05, 0) is 36.4 Å². The molecule has 2 aromatic carbocycles. The summed E-state index contributed by atoms with van der Waals surface area (Å²) >= 11 is 0.697. The molecule has 0 aliphatic carbocycles. The third kappa shape index (κ3) is 4.81. The van der Waals surface area contributed by atoms with Crippen LogP contribution in [0.4, 0.5) is 42.5 Å². The van der Waals surface area contributed by atoms with Crippen molar-refractivity contribution in [1.29, 1.82) is 5.41 Å². The molecule has 0 saturated carbocycles. The summed E-state index contributed by atoms with van der Waals surface area (Å²) in [6, 6.07) is 11.2. The average molecular weight is 449 g/mol. The lowest BCUT2D eigenvalue weighted by Crippen LogP contribution is -2.57. The summed E-state index contributed by atoms with van der Waals surface area (Å²) in [5.74, 6) is -0.733. The van der Waals surface area contributed by atoms with Crippen LogP contribution in [0.2, 0.25) is 0 Å². The minimum atomic E-state index is -4.98. The summed E-state index contributed by atoms with van der Waals surface area (Å²) < 4.78 is 80.3. The number of carbonyl (C=O) groups is 1. The van der Waals surface area contributed by atoms with Gasteiger partial charge in [0, 0.05) is 11.4 Å². The van der Waals surface area contributed by atoms with E-state index >= 15 is 0 Å². The summed E-state index contributed by atoms with van der Waals surface area (Å²) in [4.78, 5) is 15.0. The molecule has 2 amide bonds. The molecule has 1 unspecified atom stereocenters. The van der Waals surface area contributed by atoms with Gasteiger partial charge in [0.1, 0.15) is 16.8 Å². The molecule has 1 aliphatic rings. The minimum absolute atomic E-state index is 0.110. The molecule has 1 saturated heterocycles. The van der Waals surface area contributed by atoms with Gasteiger partial charge < -0.3 is 4.74 Å². The third-order valence-electron chi connectivity index (χ3n) is 4.00. The van der Waals surface area contributed by atoms with Crippen molar-refractivity contribution in [2.75, 3.05) is 15.7 Å². The fourth-order valence-corrected chi connectivity index (χ4v) is 3.92. The van der Waals surface area contributed by atoms with Crippen molar-refractivity contribution in [3.63, 3.8) is 0 Å². The number of nitrogens with one attached hydrogen (secondary N) is 1. The maximum atomic E-state index is 13.2. The van der Waals surface area contributed by atoms with Crippen LogP contribution in [-0.2, 0) is 0 Å². The van der Waals surface area contributed by atoms with E-state index in [2.05, 4.69) is 4.74 Å². The molecule has 30 heavy (non-hydrogen) atoms. The van der Waals surface area contributed by atoms with E-state index in [1.807, 2.05) is 0 Å². The topological polar surface area (TPSA) is 56.6 Å². The highest BCUT2D eigenvalue weighted by Crippen LogP contribution is 2.37. The zero-order chi connectivity index (χ0) is 22.1. The first-order valence-corrected chi connectivity index (χ1v) is 9.31. The number of hydrogen-bond acceptors (Lipinski definition) is 4. The minimum Gasteiger partial charge on any atom is -0.406 e. The molecule has 1 N–H and O–H groups in total. The third-order valence-corrected chi connectivity index (χ3v) is 5.17. The van der Waals surface area contributed by atoms with Gasteiger partial charge in [0.2, 0.25) is 0 Å². The van der Waals surface area contributed by atoms with Crippen LogP contribution in [0.15, 0.2) is 54.6 Å². The first kappa shape index (κ1) is 21.8. The first-order chi connectivity index (χ1) is 14.0. The van der Waals surface area contributed by atoms with Gasteiger partial charge in [-0.1, -0.05) is 18.2 Å². The maximum absolute atomic E-state index is 13.2. The summed E-state index contributed by atoms with van der Waals surface area (Å²) in [5, 5.41) is 5.80. The second kappa shape index (κ2) is 8.09. The number of anilines is 2. The molecule has 1 heterocycles. The van der Waals surface area contributed by atoms with Crippen molar-refractivity contribution in [3.05, 3.63) is 54.6 Å². The van der Waals surface area contributed by atoms with Crippen molar-refractivity contribution < 1.29 is 35.9 Å². The van der Waals surface area contributed by atoms with Crippen LogP contribution in [0, 0.1) is 5.41 Å². The van der Waals surface area contributed by atoms with Crippen molar-refractivity contribution in [2.24, 2.45) is 0 Å². The van der Waals surface area contributed by atoms with E-state index in [1.54, 1.807) is 30.3 Å². The summed E-state index contributed by atoms with van der Waals surface area (Å²) in [6.45, 7) is 0. The van der Waals surface area contributed by atoms with Gasteiger partial charge in [0.15, 0.2) is 0 Å². The SMILES string of the molecule is N=C(C1SCN(c2ccccc2)C(=O)N1c1ccc(OC(F)(F)F)cc1)C(F)(F)F. The van der Waals surface area contributed by atoms with Crippen molar-refractivity contribution in [2.45, 2.75) is 17.9 Å². The molecule has 1 aliphatic heterocycles. The number of amides is 2. The molecule has 3 rings (SSSR count). The number of carbonyl (C=O) groups excluding carboxylic acids is 1. The smallest absolute Gasteiger partial charge is 0.406 e. The predicted molar refractivity (Wildman–Crippen MR) is 99.9 cm³/mol. The normalized spacial score (nSPS) is 17.8. The van der Waals surface area contributed by atoms with Crippen LogP contribution in [0.25, 0.3) is 0 Å². The number of rotatable bonds is 4. The van der Waals surface area contributed by atoms with E-state index in [0.717, 1.165) is 29.2 Å². The fourth-order valence-electron chi connectivity index (χ4n) is 2.70. The summed E-state index contributed by atoms with van der Waals surface area (Å²) in [5.41, 5.74) is -1.33. The Labute approximate surface area is 170 Å². The van der Waals surface area contributed by atoms with Gasteiger partial charge in [-0.15, -0.1) is 24.9 Å². The Bertz CT molecular complexity index is 918. The predicted octanol–water partition coefficient (Wildman–Crippen LogP) is 5.63. The van der Waals surface area contributed by atoms with Crippen LogP contribution in [0.3, 0.4) is 0 Å². The molecule has 5 nitrogen and oxygen atoms in total. The Kier molecular flexibility index (Phi) is 5.88. The van der Waals surface area contributed by atoms with Gasteiger partial charge >= 0.3 is 18.6 Å². The second-order valence-electron chi connectivity index (χ2n) is 6.02. The van der Waals surface area contributed by atoms with Crippen molar-refractivity contribution in [3.8, 4) is 5.75 Å². The number of para-hydroxylation sites is 1. The Morgan fingerprint density at radius 3 is 2.10 bits per heavy atom. The van der Waals surface area contributed by atoms with E-state index in [1.165, 1.54) is 4.90 Å². The molecule has 2 aromatic rings. The number of thioether (sulfide) groups is 1. The number of nitrogens with zero attached hydrogens (tertiary/aromatic N) is 2. The van der Waals surface area contributed by atoms with E-state index in [-0.39, 0.29) is 11.6 Å². The maximum Gasteiger partial charge on any atom is 0.573 e. The molecule has 1 atom stereocenters. The van der Waals surface area contributed by atoms with E-state index in [0.29, 0.717) is 17.4 Å². The van der Waals surface area contributed by atoms with Crippen LogP contribution in [0.5, 0.6) is 5.75 Å². The van der Waals surface area contributed by atoms with Gasteiger partial charge in [-0.25, -0.2) is 4.79 Å². The Morgan fingerprint density at radius 1 is 0.967 bits per heavy atom. The molecule has 0 aromatic heterocycles. The average Bonchev–Trinajstić information content (AvgIpc) is 2.67. The van der Waals surface area contributed by atoms with Crippen molar-refractivity contribution >= 4 is 34.9 Å². The molecular formula is C18H13F6N3O2S. The molecule has 0 radical (unpaired) electrons. The van der Waals surface area contributed by atoms with Gasteiger partial charge in [0.05, 0.1) is 5.88 Å².